The largest absolute Gasteiger partial charge is 0.497 e. The van der Waals surface area contributed by atoms with Crippen molar-refractivity contribution in [2.75, 3.05) is 146 Å². The fourth-order valence-corrected chi connectivity index (χ4v) is 12.1. The number of aromatic nitrogens is 4. The quantitative estimate of drug-likeness (QED) is 0.0464. The fourth-order valence-electron chi connectivity index (χ4n) is 11.5. The third kappa shape index (κ3) is 19.8. The maximum absolute atomic E-state index is 12.7. The minimum atomic E-state index is -0.605. The summed E-state index contributed by atoms with van der Waals surface area (Å²) in [5, 5.41) is 25.6. The highest BCUT2D eigenvalue weighted by Gasteiger charge is 2.35. The average Bonchev–Trinajstić information content (AvgIpc) is 1.75. The van der Waals surface area contributed by atoms with E-state index in [1.165, 1.54) is 38.1 Å². The molecule has 0 spiro atoms. The van der Waals surface area contributed by atoms with Crippen LogP contribution in [-0.4, -0.2) is 235 Å². The first kappa shape index (κ1) is 70.1. The average molecular weight is 1350 g/mol. The van der Waals surface area contributed by atoms with Gasteiger partial charge in [-0.05, 0) is 180 Å². The van der Waals surface area contributed by atoms with E-state index in [0.29, 0.717) is 96.2 Å². The van der Waals surface area contributed by atoms with Crippen LogP contribution in [0.4, 0.5) is 11.6 Å². The lowest BCUT2D eigenvalue weighted by atomic mass is 10.0. The Hall–Kier alpha value is -7.33. The number of benzene rings is 2. The summed E-state index contributed by atoms with van der Waals surface area (Å²) in [7, 11) is 14.8. The number of amides is 4. The number of nitrogens with one attached hydrogen (secondary N) is 2. The summed E-state index contributed by atoms with van der Waals surface area (Å²) >= 11 is 2.54. The summed E-state index contributed by atoms with van der Waals surface area (Å²) in [4.78, 5) is 62.5. The number of nitrogens with zero attached hydrogens (tertiary/aromatic N) is 10. The molecule has 7 N–H and O–H groups in total. The number of anilines is 2. The molecule has 23 nitrogen and oxygen atoms in total. The highest BCUT2D eigenvalue weighted by atomic mass is 127. The highest BCUT2D eigenvalue weighted by Crippen LogP contribution is 2.34. The molecule has 0 bridgehead atoms. The van der Waals surface area contributed by atoms with E-state index in [-0.39, 0.29) is 53.2 Å². The smallest absolute Gasteiger partial charge is 0.255 e. The molecule has 2 aromatic heterocycles. The Kier molecular flexibility index (Phi) is 26.6. The number of aliphatic hydroxyl groups is 1. The van der Waals surface area contributed by atoms with Gasteiger partial charge in [-0.2, -0.15) is 10.2 Å². The van der Waals surface area contributed by atoms with Crippen molar-refractivity contribution in [3.63, 3.8) is 0 Å². The van der Waals surface area contributed by atoms with Crippen LogP contribution in [0.25, 0.3) is 0 Å². The zero-order valence-corrected chi connectivity index (χ0v) is 55.9. The zero-order valence-electron chi connectivity index (χ0n) is 53.8. The standard InChI is InChI=1S/2C27H34N6O4.C6H12IN.C6H13NO/c2*1-5-24(34)32-13-10-20(17-32)33-27(29-19-8-11-31(2)12-9-19)25(26(28)35)23(30-33)7-6-18-14-21(36-3)16-22(15-18)37-4;1-8-4-2-6(7)3-5-8;1-7-4-2-6(8)3-5-7/h2*5,14-16,19-20,29H,1,8-13,17H2,2-4H3,(H2,28,35);6H,2-5H2,1H3;6,8H,2-5H2,1H3/t2*20-;;/m00../s1. The lowest BCUT2D eigenvalue weighted by Gasteiger charge is -2.30. The number of primary amides is 2. The summed E-state index contributed by atoms with van der Waals surface area (Å²) in [6, 6.07) is 10.7. The van der Waals surface area contributed by atoms with Crippen LogP contribution < -0.4 is 41.0 Å². The SMILES string of the molecule is C=CC(=O)N1CC[C@H](n2nc(C#Cc3cc(OC)cc(OC)c3)c(C(N)=O)c2NC2CCN(C)CC2)C1.C=CC(=O)N1CC[C@H](n2nc(C#Cc3cc(OC)cc(OC)c3)c(C(N)=O)c2NC2CCN(C)CC2)C1.CN1CCC(I)CC1.CN1CCC(O)CC1. The first-order valence-electron chi connectivity index (χ1n) is 31.0. The van der Waals surface area contributed by atoms with Gasteiger partial charge in [0.05, 0.1) is 46.6 Å². The molecule has 4 amide bonds. The molecule has 10 rings (SSSR count). The predicted molar refractivity (Wildman–Crippen MR) is 359 cm³/mol. The van der Waals surface area contributed by atoms with Crippen LogP contribution in [0.15, 0.2) is 61.7 Å². The van der Waals surface area contributed by atoms with Crippen LogP contribution in [-0.2, 0) is 9.59 Å². The molecule has 0 unspecified atom stereocenters. The number of alkyl halides is 1. The van der Waals surface area contributed by atoms with Crippen molar-refractivity contribution in [2.24, 2.45) is 11.5 Å². The Labute approximate surface area is 544 Å². The second-order valence-corrected chi connectivity index (χ2v) is 25.5. The van der Waals surface area contributed by atoms with Crippen molar-refractivity contribution in [1.29, 1.82) is 0 Å². The first-order valence-corrected chi connectivity index (χ1v) is 32.2. The van der Waals surface area contributed by atoms with Crippen LogP contribution in [0.2, 0.25) is 0 Å². The van der Waals surface area contributed by atoms with Crippen LogP contribution >= 0.6 is 22.6 Å². The predicted octanol–water partition coefficient (Wildman–Crippen LogP) is 5.32. The molecule has 0 radical (unpaired) electrons. The van der Waals surface area contributed by atoms with Crippen LogP contribution in [0, 0.1) is 23.7 Å². The van der Waals surface area contributed by atoms with Crippen LogP contribution in [0.5, 0.6) is 23.0 Å². The molecular weight excluding hydrogens is 1260 g/mol. The molecule has 4 aromatic rings. The van der Waals surface area contributed by atoms with Crippen molar-refractivity contribution in [1.82, 2.24) is 49.0 Å². The van der Waals surface area contributed by atoms with Gasteiger partial charge in [-0.1, -0.05) is 47.6 Å². The van der Waals surface area contributed by atoms with E-state index in [1.807, 2.05) is 0 Å². The molecule has 6 fully saturated rings. The van der Waals surface area contributed by atoms with Gasteiger partial charge in [0.2, 0.25) is 11.8 Å². The Morgan fingerprint density at radius 1 is 0.522 bits per heavy atom. The second kappa shape index (κ2) is 34.2. The van der Waals surface area contributed by atoms with Gasteiger partial charge >= 0.3 is 0 Å². The van der Waals surface area contributed by atoms with Gasteiger partial charge in [0.15, 0.2) is 11.4 Å². The number of hydrogen-bond acceptors (Lipinski definition) is 17. The number of carbonyl (C=O) groups is 4. The highest BCUT2D eigenvalue weighted by molar-refractivity contribution is 14.1. The third-order valence-corrected chi connectivity index (χ3v) is 18.4. The van der Waals surface area contributed by atoms with Crippen molar-refractivity contribution in [3.05, 3.63) is 95.3 Å². The van der Waals surface area contributed by atoms with E-state index in [2.05, 4.69) is 118 Å². The molecule has 24 heteroatoms. The minimum Gasteiger partial charge on any atom is -0.497 e. The van der Waals surface area contributed by atoms with Gasteiger partial charge in [0.1, 0.15) is 45.8 Å². The van der Waals surface area contributed by atoms with Gasteiger partial charge in [0, 0.05) is 78.5 Å². The number of piperidine rings is 4. The van der Waals surface area contributed by atoms with Gasteiger partial charge in [-0.3, -0.25) is 19.2 Å². The van der Waals surface area contributed by atoms with Crippen LogP contribution in [0.1, 0.15) is 120 Å². The van der Waals surface area contributed by atoms with E-state index in [0.717, 1.165) is 81.7 Å². The molecule has 0 saturated carbocycles. The van der Waals surface area contributed by atoms with Gasteiger partial charge in [-0.15, -0.1) is 0 Å². The van der Waals surface area contributed by atoms with Gasteiger partial charge in [0.25, 0.3) is 11.8 Å². The molecular formula is C66H93IN14O9. The molecule has 2 aromatic carbocycles. The van der Waals surface area contributed by atoms with E-state index < -0.39 is 11.8 Å². The van der Waals surface area contributed by atoms with Crippen molar-refractivity contribution in [3.8, 4) is 46.7 Å². The lowest BCUT2D eigenvalue weighted by molar-refractivity contribution is -0.125. The number of likely N-dealkylation sites (tertiary alicyclic amines) is 6. The van der Waals surface area contributed by atoms with Gasteiger partial charge < -0.3 is 75.6 Å². The summed E-state index contributed by atoms with van der Waals surface area (Å²) in [6.07, 6.45) is 12.4. The van der Waals surface area contributed by atoms with Gasteiger partial charge in [-0.25, -0.2) is 9.36 Å². The first-order chi connectivity index (χ1) is 43.2. The fraction of sp³-hybridized carbons (Fsp3) is 0.545. The molecule has 6 aliphatic rings. The zero-order chi connectivity index (χ0) is 65.0. The maximum Gasteiger partial charge on any atom is 0.255 e. The van der Waals surface area contributed by atoms with Crippen molar-refractivity contribution in [2.45, 2.75) is 98.4 Å². The number of methoxy groups -OCH3 is 4. The number of hydrogen-bond donors (Lipinski definition) is 5. The molecule has 6 aliphatic heterocycles. The Morgan fingerprint density at radius 2 is 0.844 bits per heavy atom. The second-order valence-electron chi connectivity index (χ2n) is 23.8. The van der Waals surface area contributed by atoms with E-state index in [9.17, 15) is 19.2 Å². The number of nitrogens with two attached hydrogens (primary N) is 2. The number of rotatable bonds is 14. The molecule has 0 aliphatic carbocycles. The summed E-state index contributed by atoms with van der Waals surface area (Å²) in [5.41, 5.74) is 14.2. The third-order valence-electron chi connectivity index (χ3n) is 17.1. The number of aliphatic hydroxyl groups excluding tert-OH is 1. The topological polar surface area (TPSA) is 257 Å². The van der Waals surface area contributed by atoms with Crippen LogP contribution in [0.3, 0.4) is 0 Å². The van der Waals surface area contributed by atoms with E-state index >= 15 is 0 Å². The number of ether oxygens (including phenoxy) is 4. The molecule has 488 valence electrons. The summed E-state index contributed by atoms with van der Waals surface area (Å²) < 4.78 is 25.9. The van der Waals surface area contributed by atoms with E-state index in [4.69, 9.17) is 45.7 Å². The monoisotopic (exact) mass is 1350 g/mol. The molecule has 2 atom stereocenters. The Balaban J connectivity index is 0.000000205. The summed E-state index contributed by atoms with van der Waals surface area (Å²) in [5.74, 6) is 14.3. The lowest BCUT2D eigenvalue weighted by Crippen LogP contribution is -2.38. The molecule has 6 saturated heterocycles. The van der Waals surface area contributed by atoms with E-state index in [1.54, 1.807) is 84.0 Å². The molecule has 90 heavy (non-hydrogen) atoms. The Morgan fingerprint density at radius 3 is 1.13 bits per heavy atom. The minimum absolute atomic E-state index is 0.0220. The summed E-state index contributed by atoms with van der Waals surface area (Å²) in [6.45, 7) is 17.8. The number of carbonyl (C=O) groups excluding carboxylic acids is 4. The normalized spacial score (nSPS) is 19.6. The molecule has 8 heterocycles. The van der Waals surface area contributed by atoms with Crippen molar-refractivity contribution >= 4 is 57.9 Å². The number of halogens is 1. The Bertz CT molecular complexity index is 2950. The van der Waals surface area contributed by atoms with Crippen molar-refractivity contribution < 1.29 is 43.2 Å². The maximum atomic E-state index is 12.7.